The van der Waals surface area contributed by atoms with E-state index in [1.165, 1.54) is 4.88 Å². The average Bonchev–Trinajstić information content (AvgIpc) is 3.23. The highest BCUT2D eigenvalue weighted by atomic mass is 32.1. The molecule has 4 aromatic rings. The van der Waals surface area contributed by atoms with Crippen molar-refractivity contribution in [3.05, 3.63) is 84.4 Å². The Morgan fingerprint density at radius 3 is 2.50 bits per heavy atom. The predicted octanol–water partition coefficient (Wildman–Crippen LogP) is 3.62. The van der Waals surface area contributed by atoms with Crippen molar-refractivity contribution in [3.8, 4) is 0 Å². The lowest BCUT2D eigenvalue weighted by Crippen LogP contribution is -2.21. The number of carbonyl (C=O) groups is 1. The number of carboxylic acid groups (broad SMARTS) is 1. The van der Waals surface area contributed by atoms with E-state index in [-0.39, 0.29) is 10.4 Å². The molecular weight excluding hydrogens is 392 g/mol. The number of benzene rings is 1. The first-order valence-corrected chi connectivity index (χ1v) is 10.2. The van der Waals surface area contributed by atoms with Crippen molar-refractivity contribution in [2.45, 2.75) is 13.8 Å². The van der Waals surface area contributed by atoms with E-state index in [0.29, 0.717) is 21.6 Å². The number of H-pyrrole nitrogens is 1. The number of rotatable bonds is 4. The molecule has 0 fully saturated rings. The number of aromatic amines is 1. The van der Waals surface area contributed by atoms with Crippen molar-refractivity contribution < 1.29 is 9.90 Å². The quantitative estimate of drug-likeness (QED) is 0.560. The predicted molar refractivity (Wildman–Crippen MR) is 112 cm³/mol. The summed E-state index contributed by atoms with van der Waals surface area (Å²) in [5.74, 6) is -0.893. The average molecular weight is 407 g/mol. The van der Waals surface area contributed by atoms with Crippen LogP contribution >= 0.6 is 22.7 Å². The standard InChI is InChI=1S/C21H16N2O3S2/c1-11-8-9-14(27-11)10-15(13-6-4-3-5-7-13)18-22-19(24)16-12(2)17(21(25)26)28-20(16)23-18/h3-10H,1-2H3,(H,25,26)(H,22,23,24)/p-1/b15-10+. The Bertz CT molecular complexity index is 1280. The molecule has 0 aliphatic heterocycles. The third kappa shape index (κ3) is 3.30. The molecule has 3 heterocycles. The van der Waals surface area contributed by atoms with Crippen LogP contribution in [0, 0.1) is 13.8 Å². The Labute approximate surface area is 168 Å². The van der Waals surface area contributed by atoms with Gasteiger partial charge in [-0.1, -0.05) is 30.3 Å². The molecule has 0 amide bonds. The lowest BCUT2D eigenvalue weighted by atomic mass is 10.0. The van der Waals surface area contributed by atoms with Gasteiger partial charge in [0, 0.05) is 15.3 Å². The summed E-state index contributed by atoms with van der Waals surface area (Å²) in [6, 6.07) is 13.7. The number of hydrogen-bond acceptors (Lipinski definition) is 6. The Hall–Kier alpha value is -3.03. The zero-order chi connectivity index (χ0) is 19.8. The lowest BCUT2D eigenvalue weighted by molar-refractivity contribution is -0.254. The number of fused-ring (bicyclic) bond motifs is 1. The molecule has 28 heavy (non-hydrogen) atoms. The molecule has 0 atom stereocenters. The van der Waals surface area contributed by atoms with Gasteiger partial charge in [0.05, 0.1) is 16.2 Å². The normalized spacial score (nSPS) is 11.9. The molecule has 1 aromatic carbocycles. The van der Waals surface area contributed by atoms with Gasteiger partial charge in [-0.25, -0.2) is 4.98 Å². The first-order valence-electron chi connectivity index (χ1n) is 8.52. The van der Waals surface area contributed by atoms with Crippen LogP contribution in [-0.4, -0.2) is 15.9 Å². The van der Waals surface area contributed by atoms with Gasteiger partial charge in [0.15, 0.2) is 0 Å². The van der Waals surface area contributed by atoms with Gasteiger partial charge in [-0.2, -0.15) is 0 Å². The van der Waals surface area contributed by atoms with Crippen molar-refractivity contribution in [1.29, 1.82) is 0 Å². The molecule has 0 saturated heterocycles. The summed E-state index contributed by atoms with van der Waals surface area (Å²) in [4.78, 5) is 34.1. The van der Waals surface area contributed by atoms with Gasteiger partial charge in [0.25, 0.3) is 5.56 Å². The van der Waals surface area contributed by atoms with Crippen LogP contribution in [0.1, 0.15) is 36.4 Å². The van der Waals surface area contributed by atoms with Crippen molar-refractivity contribution in [2.75, 3.05) is 0 Å². The highest BCUT2D eigenvalue weighted by Crippen LogP contribution is 2.30. The second kappa shape index (κ2) is 7.18. The van der Waals surface area contributed by atoms with Crippen LogP contribution in [0.15, 0.2) is 47.3 Å². The number of aryl methyl sites for hydroxylation is 2. The fourth-order valence-corrected chi connectivity index (χ4v) is 4.88. The van der Waals surface area contributed by atoms with E-state index in [1.807, 2.05) is 55.5 Å². The summed E-state index contributed by atoms with van der Waals surface area (Å²) in [5.41, 5.74) is 1.71. The lowest BCUT2D eigenvalue weighted by Gasteiger charge is -2.07. The first-order chi connectivity index (χ1) is 13.4. The van der Waals surface area contributed by atoms with E-state index in [2.05, 4.69) is 9.97 Å². The van der Waals surface area contributed by atoms with Crippen LogP contribution in [-0.2, 0) is 0 Å². The van der Waals surface area contributed by atoms with Gasteiger partial charge in [-0.05, 0) is 43.2 Å². The molecule has 0 spiro atoms. The van der Waals surface area contributed by atoms with Gasteiger partial charge in [0.1, 0.15) is 10.7 Å². The number of nitrogens with zero attached hydrogens (tertiary/aromatic N) is 1. The molecule has 0 bridgehead atoms. The number of carbonyl (C=O) groups excluding carboxylic acids is 1. The van der Waals surface area contributed by atoms with Gasteiger partial charge < -0.3 is 14.9 Å². The molecule has 0 radical (unpaired) electrons. The number of nitrogens with one attached hydrogen (secondary N) is 1. The molecule has 0 aliphatic rings. The minimum atomic E-state index is -1.30. The van der Waals surface area contributed by atoms with Crippen LogP contribution in [0.3, 0.4) is 0 Å². The number of carboxylic acids is 1. The Morgan fingerprint density at radius 2 is 1.86 bits per heavy atom. The maximum absolute atomic E-state index is 12.7. The van der Waals surface area contributed by atoms with E-state index < -0.39 is 5.97 Å². The minimum Gasteiger partial charge on any atom is -0.544 e. The zero-order valence-electron chi connectivity index (χ0n) is 15.1. The second-order valence-electron chi connectivity index (χ2n) is 6.31. The fourth-order valence-electron chi connectivity index (χ4n) is 3.05. The van der Waals surface area contributed by atoms with Gasteiger partial charge >= 0.3 is 0 Å². The molecule has 5 nitrogen and oxygen atoms in total. The molecule has 1 N–H and O–H groups in total. The van der Waals surface area contributed by atoms with Crippen molar-refractivity contribution in [2.24, 2.45) is 0 Å². The molecule has 0 saturated carbocycles. The monoisotopic (exact) mass is 407 g/mol. The SMILES string of the molecule is Cc1ccc(/C=C(\c2ccccc2)c2nc3sc(C(=O)[O-])c(C)c3c(=O)[nH]2)s1. The Kier molecular flexibility index (Phi) is 4.70. The summed E-state index contributed by atoms with van der Waals surface area (Å²) in [5, 5.41) is 11.6. The molecule has 3 aromatic heterocycles. The second-order valence-corrected chi connectivity index (χ2v) is 8.63. The van der Waals surface area contributed by atoms with Crippen molar-refractivity contribution in [3.63, 3.8) is 0 Å². The molecule has 7 heteroatoms. The maximum atomic E-state index is 12.7. The van der Waals surface area contributed by atoms with Gasteiger partial charge in [-0.15, -0.1) is 22.7 Å². The summed E-state index contributed by atoms with van der Waals surface area (Å²) in [6.07, 6.45) is 1.98. The van der Waals surface area contributed by atoms with Crippen LogP contribution in [0.5, 0.6) is 0 Å². The number of thiophene rings is 2. The largest absolute Gasteiger partial charge is 0.544 e. The van der Waals surface area contributed by atoms with Crippen LogP contribution in [0.2, 0.25) is 0 Å². The van der Waals surface area contributed by atoms with Crippen LogP contribution in [0.4, 0.5) is 0 Å². The van der Waals surface area contributed by atoms with Crippen LogP contribution < -0.4 is 10.7 Å². The Balaban J connectivity index is 1.96. The van der Waals surface area contributed by atoms with E-state index in [9.17, 15) is 14.7 Å². The number of aromatic nitrogens is 2. The topological polar surface area (TPSA) is 85.9 Å². The van der Waals surface area contributed by atoms with Crippen molar-refractivity contribution >= 4 is 50.5 Å². The van der Waals surface area contributed by atoms with Crippen LogP contribution in [0.25, 0.3) is 21.9 Å². The molecule has 140 valence electrons. The van der Waals surface area contributed by atoms with E-state index in [0.717, 1.165) is 27.4 Å². The fraction of sp³-hybridized carbons (Fsp3) is 0.0952. The van der Waals surface area contributed by atoms with E-state index in [4.69, 9.17) is 0 Å². The molecule has 0 unspecified atom stereocenters. The summed E-state index contributed by atoms with van der Waals surface area (Å²) < 4.78 is 0. The zero-order valence-corrected chi connectivity index (χ0v) is 16.7. The summed E-state index contributed by atoms with van der Waals surface area (Å²) >= 11 is 2.61. The van der Waals surface area contributed by atoms with Gasteiger partial charge in [-0.3, -0.25) is 4.79 Å². The molecular formula is C21H15N2O3S2-. The highest BCUT2D eigenvalue weighted by molar-refractivity contribution is 7.20. The highest BCUT2D eigenvalue weighted by Gasteiger charge is 2.17. The third-order valence-corrected chi connectivity index (χ3v) is 6.49. The van der Waals surface area contributed by atoms with E-state index in [1.54, 1.807) is 18.3 Å². The Morgan fingerprint density at radius 1 is 1.11 bits per heavy atom. The smallest absolute Gasteiger partial charge is 0.260 e. The van der Waals surface area contributed by atoms with Crippen molar-refractivity contribution in [1.82, 2.24) is 9.97 Å². The van der Waals surface area contributed by atoms with Gasteiger partial charge in [0.2, 0.25) is 0 Å². The third-order valence-electron chi connectivity index (χ3n) is 4.37. The summed E-state index contributed by atoms with van der Waals surface area (Å²) in [7, 11) is 0. The maximum Gasteiger partial charge on any atom is 0.260 e. The number of aromatic carboxylic acids is 1. The number of hydrogen-bond donors (Lipinski definition) is 1. The minimum absolute atomic E-state index is 0.0317. The molecule has 0 aliphatic carbocycles. The summed E-state index contributed by atoms with van der Waals surface area (Å²) in [6.45, 7) is 3.63. The molecule has 4 rings (SSSR count). The van der Waals surface area contributed by atoms with E-state index >= 15 is 0 Å². The first kappa shape index (κ1) is 18.3.